The van der Waals surface area contributed by atoms with E-state index in [1.165, 1.54) is 0 Å². The predicted octanol–water partition coefficient (Wildman–Crippen LogP) is 6.01. The molecule has 2 bridgehead atoms. The van der Waals surface area contributed by atoms with Gasteiger partial charge in [-0.15, -0.1) is 23.2 Å². The molecule has 226 valence electrons. The van der Waals surface area contributed by atoms with Crippen molar-refractivity contribution in [3.05, 3.63) is 137 Å². The van der Waals surface area contributed by atoms with Crippen LogP contribution in [0.3, 0.4) is 0 Å². The summed E-state index contributed by atoms with van der Waals surface area (Å²) in [5.41, 5.74) is 4.25. The number of hydrogen-bond donors (Lipinski definition) is 1. The molecule has 0 aromatic heterocycles. The van der Waals surface area contributed by atoms with Crippen molar-refractivity contribution in [2.45, 2.75) is 29.1 Å². The summed E-state index contributed by atoms with van der Waals surface area (Å²) in [7, 11) is 0. The molecule has 3 aliphatic carbocycles. The van der Waals surface area contributed by atoms with Gasteiger partial charge in [0.05, 0.1) is 24.0 Å². The summed E-state index contributed by atoms with van der Waals surface area (Å²) >= 11 is 15.2. The van der Waals surface area contributed by atoms with Gasteiger partial charge in [-0.05, 0) is 59.0 Å². The summed E-state index contributed by atoms with van der Waals surface area (Å²) in [6, 6.07) is 29.1. The van der Waals surface area contributed by atoms with Gasteiger partial charge < -0.3 is 10.1 Å². The minimum absolute atomic E-state index is 0.0783. The van der Waals surface area contributed by atoms with E-state index in [0.29, 0.717) is 33.5 Å². The lowest BCUT2D eigenvalue weighted by atomic mass is 9.54. The largest absolute Gasteiger partial charge is 0.462 e. The molecule has 4 aromatic rings. The van der Waals surface area contributed by atoms with Gasteiger partial charge in [-0.25, -0.2) is 4.79 Å². The number of nitrogens with one attached hydrogen (secondary N) is 1. The fraction of sp³-hybridized carbons (Fsp3) is 0.222. The third-order valence-corrected chi connectivity index (χ3v) is 10.5. The summed E-state index contributed by atoms with van der Waals surface area (Å²) in [5, 5.41) is 2.85. The van der Waals surface area contributed by atoms with Crippen LogP contribution in [0.4, 0.5) is 5.69 Å². The topological polar surface area (TPSA) is 92.8 Å². The Labute approximate surface area is 270 Å². The minimum Gasteiger partial charge on any atom is -0.462 e. The number of carbonyl (C=O) groups is 4. The van der Waals surface area contributed by atoms with E-state index in [-0.39, 0.29) is 13.0 Å². The van der Waals surface area contributed by atoms with Crippen molar-refractivity contribution in [1.82, 2.24) is 4.90 Å². The van der Waals surface area contributed by atoms with Crippen LogP contribution in [0.5, 0.6) is 0 Å². The average Bonchev–Trinajstić information content (AvgIpc) is 3.33. The predicted molar refractivity (Wildman–Crippen MR) is 170 cm³/mol. The fourth-order valence-electron chi connectivity index (χ4n) is 7.26. The lowest BCUT2D eigenvalue weighted by Crippen LogP contribution is -2.57. The summed E-state index contributed by atoms with van der Waals surface area (Å²) in [6.45, 7) is 1.96. The van der Waals surface area contributed by atoms with Gasteiger partial charge in [0, 0.05) is 12.1 Å². The number of likely N-dealkylation sites (tertiary alicyclic amines) is 1. The number of carbonyl (C=O) groups excluding carboxylic acids is 4. The number of imide groups is 1. The second-order valence-corrected chi connectivity index (χ2v) is 12.7. The fourth-order valence-corrected chi connectivity index (χ4v) is 8.36. The lowest BCUT2D eigenvalue weighted by molar-refractivity contribution is -0.146. The van der Waals surface area contributed by atoms with Gasteiger partial charge in [0.15, 0.2) is 0 Å². The van der Waals surface area contributed by atoms with Gasteiger partial charge >= 0.3 is 5.97 Å². The zero-order chi connectivity index (χ0) is 31.5. The van der Waals surface area contributed by atoms with Crippen LogP contribution >= 0.6 is 23.2 Å². The molecule has 45 heavy (non-hydrogen) atoms. The molecule has 4 aliphatic rings. The van der Waals surface area contributed by atoms with E-state index in [1.54, 1.807) is 31.2 Å². The van der Waals surface area contributed by atoms with Gasteiger partial charge in [-0.3, -0.25) is 19.3 Å². The highest BCUT2D eigenvalue weighted by molar-refractivity contribution is 6.36. The Hall–Kier alpha value is -4.46. The van der Waals surface area contributed by atoms with E-state index in [4.69, 9.17) is 27.9 Å². The molecule has 1 saturated heterocycles. The summed E-state index contributed by atoms with van der Waals surface area (Å²) in [6.07, 6.45) is 0.0783. The zero-order valence-electron chi connectivity index (χ0n) is 24.2. The molecule has 0 radical (unpaired) electrons. The van der Waals surface area contributed by atoms with E-state index in [2.05, 4.69) is 5.32 Å². The number of alkyl halides is 2. The Morgan fingerprint density at radius 2 is 1.22 bits per heavy atom. The highest BCUT2D eigenvalue weighted by Gasteiger charge is 2.73. The van der Waals surface area contributed by atoms with Crippen molar-refractivity contribution in [3.8, 4) is 0 Å². The first-order valence-corrected chi connectivity index (χ1v) is 15.5. The number of rotatable bonds is 7. The molecule has 1 aliphatic heterocycles. The second kappa shape index (κ2) is 10.9. The van der Waals surface area contributed by atoms with Crippen molar-refractivity contribution < 1.29 is 23.9 Å². The van der Waals surface area contributed by atoms with Crippen molar-refractivity contribution >= 4 is 52.6 Å². The number of ether oxygens (including phenoxy) is 1. The first-order valence-electron chi connectivity index (χ1n) is 14.8. The number of esters is 1. The van der Waals surface area contributed by atoms with Gasteiger partial charge in [0.1, 0.15) is 15.8 Å². The smallest absolute Gasteiger partial charge is 0.338 e. The summed E-state index contributed by atoms with van der Waals surface area (Å²) < 4.78 is 5.05. The molecule has 3 atom stereocenters. The Kier molecular flexibility index (Phi) is 7.06. The van der Waals surface area contributed by atoms with Gasteiger partial charge in [0.25, 0.3) is 0 Å². The van der Waals surface area contributed by atoms with Gasteiger partial charge in [-0.2, -0.15) is 0 Å². The van der Waals surface area contributed by atoms with Crippen molar-refractivity contribution in [2.75, 3.05) is 11.9 Å². The summed E-state index contributed by atoms with van der Waals surface area (Å²) in [4.78, 5) is 53.8. The van der Waals surface area contributed by atoms with Crippen LogP contribution in [0.15, 0.2) is 103 Å². The van der Waals surface area contributed by atoms with E-state index < -0.39 is 51.3 Å². The number of anilines is 1. The van der Waals surface area contributed by atoms with Crippen LogP contribution in [0.1, 0.15) is 45.1 Å². The molecular formula is C36H28Cl2N2O5. The third kappa shape index (κ3) is 4.25. The van der Waals surface area contributed by atoms with Gasteiger partial charge in [0.2, 0.25) is 17.7 Å². The molecular weight excluding hydrogens is 611 g/mol. The first kappa shape index (κ1) is 29.3. The monoisotopic (exact) mass is 638 g/mol. The third-order valence-electron chi connectivity index (χ3n) is 9.17. The van der Waals surface area contributed by atoms with Crippen LogP contribution in [0.25, 0.3) is 0 Å². The van der Waals surface area contributed by atoms with Crippen LogP contribution in [0, 0.1) is 11.8 Å². The minimum atomic E-state index is -1.35. The van der Waals surface area contributed by atoms with Crippen molar-refractivity contribution in [3.63, 3.8) is 0 Å². The number of hydrogen-bond acceptors (Lipinski definition) is 5. The maximum absolute atomic E-state index is 14.6. The van der Waals surface area contributed by atoms with Crippen molar-refractivity contribution in [2.24, 2.45) is 11.8 Å². The Morgan fingerprint density at radius 3 is 1.69 bits per heavy atom. The van der Waals surface area contributed by atoms with Crippen molar-refractivity contribution in [1.29, 1.82) is 0 Å². The molecule has 7 nitrogen and oxygen atoms in total. The molecule has 1 heterocycles. The van der Waals surface area contributed by atoms with E-state index >= 15 is 0 Å². The van der Waals surface area contributed by atoms with Crippen LogP contribution in [-0.2, 0) is 35.3 Å². The van der Waals surface area contributed by atoms with Gasteiger partial charge in [-0.1, -0.05) is 78.9 Å². The molecule has 1 N–H and O–H groups in total. The average molecular weight is 640 g/mol. The lowest BCUT2D eigenvalue weighted by Gasteiger charge is -2.54. The number of nitrogens with zero attached hydrogens (tertiary/aromatic N) is 1. The molecule has 1 fully saturated rings. The molecule has 4 aromatic carbocycles. The Bertz CT molecular complexity index is 1740. The molecule has 3 amide bonds. The number of amides is 3. The molecule has 0 spiro atoms. The van der Waals surface area contributed by atoms with E-state index in [0.717, 1.165) is 10.5 Å². The normalized spacial score (nSPS) is 24.8. The SMILES string of the molecule is CCOC(=O)c1ccc(NC(=O)[C@H](Cc2ccccc2)N2C(=O)[C@@H]3[C@@H](C2=O)C2(Cl)c4ccccc4C3(Cl)c3ccccc32)cc1. The van der Waals surface area contributed by atoms with E-state index in [9.17, 15) is 19.2 Å². The number of benzene rings is 4. The maximum atomic E-state index is 14.6. The van der Waals surface area contributed by atoms with E-state index in [1.807, 2.05) is 78.9 Å². The Balaban J connectivity index is 1.30. The van der Waals surface area contributed by atoms with Crippen LogP contribution in [0.2, 0.25) is 0 Å². The maximum Gasteiger partial charge on any atom is 0.338 e. The molecule has 9 heteroatoms. The van der Waals surface area contributed by atoms with Crippen LogP contribution in [-0.4, -0.2) is 41.2 Å². The molecule has 0 saturated carbocycles. The zero-order valence-corrected chi connectivity index (χ0v) is 25.7. The highest BCUT2D eigenvalue weighted by Crippen LogP contribution is 2.69. The highest BCUT2D eigenvalue weighted by atomic mass is 35.5. The Morgan fingerprint density at radius 1 is 0.756 bits per heavy atom. The standard InChI is InChI=1S/C36H28Cl2N2O5/c1-2-45-34(44)22-16-18-23(19-17-22)39-31(41)28(20-21-10-4-3-5-11-21)40-32(42)29-30(33(40)43)36(38)25-13-7-6-12-24(25)35(29,37)26-14-8-9-15-27(26)36/h3-19,28-30H,2,20H2,1H3,(H,39,41)/t28-,29-,30-,35?,36?/m0/s1. The first-order chi connectivity index (χ1) is 21.7. The quantitative estimate of drug-likeness (QED) is 0.152. The molecule has 8 rings (SSSR count). The molecule has 0 unspecified atom stereocenters. The number of halogens is 2. The van der Waals surface area contributed by atoms with Crippen LogP contribution < -0.4 is 5.32 Å². The second-order valence-electron chi connectivity index (χ2n) is 11.5. The summed E-state index contributed by atoms with van der Waals surface area (Å²) in [5.74, 6) is -4.16.